The van der Waals surface area contributed by atoms with E-state index in [2.05, 4.69) is 42.6 Å². The van der Waals surface area contributed by atoms with Crippen molar-refractivity contribution in [3.8, 4) is 0 Å². The third-order valence-electron chi connectivity index (χ3n) is 11.7. The van der Waals surface area contributed by atoms with Crippen molar-refractivity contribution in [3.63, 3.8) is 0 Å². The van der Waals surface area contributed by atoms with Crippen molar-refractivity contribution in [2.45, 2.75) is 247 Å². The molecule has 0 fully saturated rings. The molecule has 7 heteroatoms. The SMILES string of the molecule is CCCCCCCCC(CCCCCC)C(=O)OCCCCCCN(CCCCCCOC(=O)C(CCCCCC)CCCCCCCC)Cc1cnc(C)[nH]1. The van der Waals surface area contributed by atoms with E-state index in [0.717, 1.165) is 128 Å². The van der Waals surface area contributed by atoms with Crippen LogP contribution in [0.1, 0.15) is 245 Å². The van der Waals surface area contributed by atoms with Crippen LogP contribution in [-0.2, 0) is 25.6 Å². The molecule has 0 bridgehead atoms. The van der Waals surface area contributed by atoms with Gasteiger partial charge in [0, 0.05) is 18.4 Å². The summed E-state index contributed by atoms with van der Waals surface area (Å²) in [5.41, 5.74) is 1.18. The zero-order chi connectivity index (χ0) is 40.7. The number of H-pyrrole nitrogens is 1. The lowest BCUT2D eigenvalue weighted by molar-refractivity contribution is -0.150. The van der Waals surface area contributed by atoms with Crippen LogP contribution in [0.2, 0.25) is 0 Å². The summed E-state index contributed by atoms with van der Waals surface area (Å²) in [6.07, 6.45) is 39.6. The molecule has 56 heavy (non-hydrogen) atoms. The van der Waals surface area contributed by atoms with Crippen LogP contribution >= 0.6 is 0 Å². The first-order valence-electron chi connectivity index (χ1n) is 24.5. The highest BCUT2D eigenvalue weighted by atomic mass is 16.5. The van der Waals surface area contributed by atoms with Gasteiger partial charge in [-0.3, -0.25) is 14.5 Å². The summed E-state index contributed by atoms with van der Waals surface area (Å²) >= 11 is 0. The van der Waals surface area contributed by atoms with Crippen molar-refractivity contribution in [2.75, 3.05) is 26.3 Å². The lowest BCUT2D eigenvalue weighted by Gasteiger charge is -2.21. The summed E-state index contributed by atoms with van der Waals surface area (Å²) in [5, 5.41) is 0. The van der Waals surface area contributed by atoms with Gasteiger partial charge in [-0.25, -0.2) is 4.98 Å². The summed E-state index contributed by atoms with van der Waals surface area (Å²) in [5.74, 6) is 1.25. The monoisotopic (exact) mass is 788 g/mol. The second kappa shape index (κ2) is 38.6. The van der Waals surface area contributed by atoms with Gasteiger partial charge in [0.05, 0.1) is 25.0 Å². The van der Waals surface area contributed by atoms with E-state index in [1.54, 1.807) is 0 Å². The average molecular weight is 788 g/mol. The molecule has 2 unspecified atom stereocenters. The van der Waals surface area contributed by atoms with Crippen molar-refractivity contribution < 1.29 is 19.1 Å². The molecular formula is C49H93N3O4. The number of hydrogen-bond donors (Lipinski definition) is 1. The predicted molar refractivity (Wildman–Crippen MR) is 238 cm³/mol. The third-order valence-corrected chi connectivity index (χ3v) is 11.7. The van der Waals surface area contributed by atoms with Crippen molar-refractivity contribution in [3.05, 3.63) is 17.7 Å². The molecule has 0 aliphatic heterocycles. The maximum atomic E-state index is 13.0. The van der Waals surface area contributed by atoms with E-state index in [1.165, 1.54) is 108 Å². The molecule has 0 saturated heterocycles. The molecule has 2 atom stereocenters. The van der Waals surface area contributed by atoms with Gasteiger partial charge in [-0.2, -0.15) is 0 Å². The van der Waals surface area contributed by atoms with Crippen molar-refractivity contribution in [1.82, 2.24) is 14.9 Å². The number of aromatic nitrogens is 2. The summed E-state index contributed by atoms with van der Waals surface area (Å²) in [7, 11) is 0. The molecule has 7 nitrogen and oxygen atoms in total. The Morgan fingerprint density at radius 1 is 0.518 bits per heavy atom. The predicted octanol–water partition coefficient (Wildman–Crippen LogP) is 14.4. The highest BCUT2D eigenvalue weighted by molar-refractivity contribution is 5.72. The first-order chi connectivity index (χ1) is 27.4. The second-order valence-electron chi connectivity index (χ2n) is 17.1. The van der Waals surface area contributed by atoms with Gasteiger partial charge < -0.3 is 14.5 Å². The van der Waals surface area contributed by atoms with Gasteiger partial charge in [-0.1, -0.05) is 182 Å². The summed E-state index contributed by atoms with van der Waals surface area (Å²) in [6, 6.07) is 0. The Hall–Kier alpha value is -1.89. The fourth-order valence-electron chi connectivity index (χ4n) is 7.96. The number of nitrogens with zero attached hydrogens (tertiary/aromatic N) is 2. The Morgan fingerprint density at radius 3 is 1.23 bits per heavy atom. The van der Waals surface area contributed by atoms with Crippen LogP contribution in [0.25, 0.3) is 0 Å². The fourth-order valence-corrected chi connectivity index (χ4v) is 7.96. The molecule has 1 rings (SSSR count). The first-order valence-corrected chi connectivity index (χ1v) is 24.5. The van der Waals surface area contributed by atoms with E-state index in [0.29, 0.717) is 13.2 Å². The number of aromatic amines is 1. The van der Waals surface area contributed by atoms with Crippen molar-refractivity contribution >= 4 is 11.9 Å². The van der Waals surface area contributed by atoms with E-state index in [1.807, 2.05) is 13.1 Å². The zero-order valence-electron chi connectivity index (χ0n) is 37.9. The Labute approximate surface area is 347 Å². The molecule has 0 amide bonds. The number of unbranched alkanes of at least 4 members (excludes halogenated alkanes) is 22. The fraction of sp³-hybridized carbons (Fsp3) is 0.898. The number of esters is 2. The van der Waals surface area contributed by atoms with E-state index >= 15 is 0 Å². The number of nitrogens with one attached hydrogen (secondary N) is 1. The highest BCUT2D eigenvalue weighted by Crippen LogP contribution is 2.22. The van der Waals surface area contributed by atoms with Gasteiger partial charge in [0.1, 0.15) is 5.82 Å². The van der Waals surface area contributed by atoms with Crippen LogP contribution in [0.3, 0.4) is 0 Å². The minimum atomic E-state index is 0.0553. The number of carbonyl (C=O) groups excluding carboxylic acids is 2. The minimum absolute atomic E-state index is 0.0553. The Kier molecular flexibility index (Phi) is 35.9. The maximum Gasteiger partial charge on any atom is 0.308 e. The normalized spacial score (nSPS) is 12.7. The first kappa shape index (κ1) is 52.1. The maximum absolute atomic E-state index is 13.0. The van der Waals surface area contributed by atoms with E-state index in [9.17, 15) is 9.59 Å². The number of aryl methyl sites for hydroxylation is 1. The topological polar surface area (TPSA) is 84.5 Å². The molecular weight excluding hydrogens is 695 g/mol. The summed E-state index contributed by atoms with van der Waals surface area (Å²) in [4.78, 5) is 36.5. The van der Waals surface area contributed by atoms with E-state index in [4.69, 9.17) is 9.47 Å². The van der Waals surface area contributed by atoms with Crippen LogP contribution in [0.15, 0.2) is 6.20 Å². The van der Waals surface area contributed by atoms with Crippen LogP contribution in [0.5, 0.6) is 0 Å². The van der Waals surface area contributed by atoms with Gasteiger partial charge in [-0.15, -0.1) is 0 Å². The average Bonchev–Trinajstić information content (AvgIpc) is 3.61. The lowest BCUT2D eigenvalue weighted by atomic mass is 9.94. The minimum Gasteiger partial charge on any atom is -0.465 e. The van der Waals surface area contributed by atoms with Crippen molar-refractivity contribution in [1.29, 1.82) is 0 Å². The zero-order valence-corrected chi connectivity index (χ0v) is 37.9. The molecule has 0 saturated carbocycles. The molecule has 1 aromatic rings. The molecule has 0 aliphatic carbocycles. The smallest absolute Gasteiger partial charge is 0.308 e. The Bertz CT molecular complexity index is 955. The molecule has 0 aromatic carbocycles. The van der Waals surface area contributed by atoms with Crippen LogP contribution in [-0.4, -0.2) is 53.1 Å². The number of imidazole rings is 1. The second-order valence-corrected chi connectivity index (χ2v) is 17.1. The standard InChI is InChI=1S/C49H93N3O4/c1-6-10-14-18-20-28-36-45(34-26-16-12-8-3)48(53)55-40-32-24-22-30-38-52(43-47-42-50-44(5)51-47)39-31-23-25-33-41-56-49(54)46(35-27-17-13-9-4)37-29-21-19-15-11-7-2/h42,45-46H,6-41,43H2,1-5H3,(H,50,51). The number of rotatable bonds is 42. The summed E-state index contributed by atoms with van der Waals surface area (Å²) in [6.45, 7) is 15.2. The Balaban J connectivity index is 2.38. The molecule has 0 aliphatic rings. The highest BCUT2D eigenvalue weighted by Gasteiger charge is 2.20. The lowest BCUT2D eigenvalue weighted by Crippen LogP contribution is -2.26. The van der Waals surface area contributed by atoms with Crippen LogP contribution in [0, 0.1) is 18.8 Å². The molecule has 1 aromatic heterocycles. The quantitative estimate of drug-likeness (QED) is 0.0525. The largest absolute Gasteiger partial charge is 0.465 e. The van der Waals surface area contributed by atoms with Crippen molar-refractivity contribution in [2.24, 2.45) is 11.8 Å². The Morgan fingerprint density at radius 2 is 0.857 bits per heavy atom. The van der Waals surface area contributed by atoms with E-state index in [-0.39, 0.29) is 23.8 Å². The van der Waals surface area contributed by atoms with E-state index < -0.39 is 0 Å². The molecule has 328 valence electrons. The van der Waals surface area contributed by atoms with Gasteiger partial charge in [0.2, 0.25) is 0 Å². The van der Waals surface area contributed by atoms with Crippen LogP contribution in [0.4, 0.5) is 0 Å². The molecule has 1 heterocycles. The number of hydrogen-bond acceptors (Lipinski definition) is 6. The van der Waals surface area contributed by atoms with Crippen LogP contribution < -0.4 is 0 Å². The molecule has 0 radical (unpaired) electrons. The van der Waals surface area contributed by atoms with Gasteiger partial charge in [-0.05, 0) is 71.4 Å². The summed E-state index contributed by atoms with van der Waals surface area (Å²) < 4.78 is 11.7. The van der Waals surface area contributed by atoms with Gasteiger partial charge in [0.25, 0.3) is 0 Å². The molecule has 1 N–H and O–H groups in total. The molecule has 0 spiro atoms. The number of carbonyl (C=O) groups is 2. The van der Waals surface area contributed by atoms with Gasteiger partial charge >= 0.3 is 11.9 Å². The number of ether oxygens (including phenoxy) is 2. The third kappa shape index (κ3) is 30.2. The van der Waals surface area contributed by atoms with Gasteiger partial charge in [0.15, 0.2) is 0 Å².